The van der Waals surface area contributed by atoms with Crippen LogP contribution in [0.2, 0.25) is 0 Å². The molecule has 0 amide bonds. The van der Waals surface area contributed by atoms with E-state index in [4.69, 9.17) is 0 Å². The van der Waals surface area contributed by atoms with E-state index in [0.29, 0.717) is 12.0 Å². The Morgan fingerprint density at radius 2 is 1.89 bits per heavy atom. The number of hydrogen-bond acceptors (Lipinski definition) is 3. The van der Waals surface area contributed by atoms with Crippen molar-refractivity contribution in [3.63, 3.8) is 0 Å². The third kappa shape index (κ3) is 3.56. The lowest BCUT2D eigenvalue weighted by atomic mass is 9.88. The smallest absolute Gasteiger partial charge is 0.0558 e. The Morgan fingerprint density at radius 1 is 1.11 bits per heavy atom. The number of likely N-dealkylation sites (tertiary alicyclic amines) is 1. The molecule has 1 aromatic carbocycles. The number of nitrogens with zero attached hydrogens (tertiary/aromatic N) is 1. The molecule has 0 aromatic heterocycles. The summed E-state index contributed by atoms with van der Waals surface area (Å²) in [6.07, 6.45) is 3.90. The highest BCUT2D eigenvalue weighted by Gasteiger charge is 2.31. The van der Waals surface area contributed by atoms with E-state index in [1.165, 1.54) is 24.8 Å². The van der Waals surface area contributed by atoms with Gasteiger partial charge >= 0.3 is 0 Å². The van der Waals surface area contributed by atoms with Crippen LogP contribution in [0.1, 0.15) is 30.7 Å². The number of piperidine rings is 1. The molecule has 1 heterocycles. The molecule has 2 N–H and O–H groups in total. The molecule has 1 aliphatic carbocycles. The molecule has 1 aliphatic heterocycles. The number of rotatable bonds is 5. The van der Waals surface area contributed by atoms with E-state index in [0.717, 1.165) is 25.7 Å². The summed E-state index contributed by atoms with van der Waals surface area (Å²) in [5.74, 6) is 0.595. The second-order valence-electron chi connectivity index (χ2n) is 5.96. The number of benzene rings is 1. The molecule has 3 rings (SSSR count). The number of aliphatic hydroxyl groups is 1. The van der Waals surface area contributed by atoms with Crippen LogP contribution in [0.4, 0.5) is 0 Å². The first-order valence-corrected chi connectivity index (χ1v) is 7.49. The van der Waals surface area contributed by atoms with Gasteiger partial charge in [0.25, 0.3) is 0 Å². The van der Waals surface area contributed by atoms with Gasteiger partial charge in [0.1, 0.15) is 0 Å². The minimum Gasteiger partial charge on any atom is -0.395 e. The molecule has 19 heavy (non-hydrogen) atoms. The minimum atomic E-state index is 0.262. The van der Waals surface area contributed by atoms with Gasteiger partial charge in [-0.25, -0.2) is 0 Å². The van der Waals surface area contributed by atoms with Crippen LogP contribution < -0.4 is 5.32 Å². The lowest BCUT2D eigenvalue weighted by Gasteiger charge is -2.38. The quantitative estimate of drug-likeness (QED) is 0.844. The van der Waals surface area contributed by atoms with Crippen molar-refractivity contribution in [2.75, 3.05) is 26.2 Å². The van der Waals surface area contributed by atoms with Crippen LogP contribution in [-0.4, -0.2) is 48.3 Å². The number of β-amino-alcohol motifs (C(OH)–C–C–N with tert-alkyl or cyclic N) is 1. The van der Waals surface area contributed by atoms with Crippen LogP contribution in [-0.2, 0) is 0 Å². The van der Waals surface area contributed by atoms with Gasteiger partial charge in [0.2, 0.25) is 0 Å². The normalized spacial score (nSPS) is 28.5. The number of aliphatic hydroxyl groups excluding tert-OH is 1. The standard InChI is InChI=1S/C16H24N2O/c19-9-8-18-11-14(13-4-2-1-3-5-13)10-16(12-18)17-15-6-7-15/h1-5,14-17,19H,6-12H2. The van der Waals surface area contributed by atoms with Crippen molar-refractivity contribution in [1.82, 2.24) is 10.2 Å². The van der Waals surface area contributed by atoms with Gasteiger partial charge in [-0.2, -0.15) is 0 Å². The van der Waals surface area contributed by atoms with Gasteiger partial charge in [-0.3, -0.25) is 4.90 Å². The fourth-order valence-corrected chi connectivity index (χ4v) is 3.19. The topological polar surface area (TPSA) is 35.5 Å². The van der Waals surface area contributed by atoms with E-state index in [-0.39, 0.29) is 6.61 Å². The summed E-state index contributed by atoms with van der Waals surface area (Å²) < 4.78 is 0. The minimum absolute atomic E-state index is 0.262. The van der Waals surface area contributed by atoms with Crippen molar-refractivity contribution in [1.29, 1.82) is 0 Å². The second kappa shape index (κ2) is 6.04. The Balaban J connectivity index is 1.67. The largest absolute Gasteiger partial charge is 0.395 e. The molecule has 1 aromatic rings. The van der Waals surface area contributed by atoms with Crippen LogP contribution in [0.5, 0.6) is 0 Å². The Labute approximate surface area is 115 Å². The van der Waals surface area contributed by atoms with Crippen molar-refractivity contribution >= 4 is 0 Å². The zero-order valence-corrected chi connectivity index (χ0v) is 11.5. The molecule has 0 bridgehead atoms. The molecule has 2 unspecified atom stereocenters. The summed E-state index contributed by atoms with van der Waals surface area (Å²) in [5.41, 5.74) is 1.44. The molecule has 3 nitrogen and oxygen atoms in total. The van der Waals surface area contributed by atoms with Crippen LogP contribution in [0.15, 0.2) is 30.3 Å². The maximum Gasteiger partial charge on any atom is 0.0558 e. The van der Waals surface area contributed by atoms with E-state index in [2.05, 4.69) is 40.5 Å². The average Bonchev–Trinajstić information content (AvgIpc) is 3.24. The third-order valence-corrected chi connectivity index (χ3v) is 4.26. The van der Waals surface area contributed by atoms with Crippen molar-refractivity contribution in [2.24, 2.45) is 0 Å². The lowest BCUT2D eigenvalue weighted by molar-refractivity contribution is 0.138. The van der Waals surface area contributed by atoms with Crippen molar-refractivity contribution in [3.05, 3.63) is 35.9 Å². The summed E-state index contributed by atoms with van der Waals surface area (Å²) in [4.78, 5) is 2.40. The SMILES string of the molecule is OCCN1CC(NC2CC2)CC(c2ccccc2)C1. The first-order valence-electron chi connectivity index (χ1n) is 7.49. The van der Waals surface area contributed by atoms with Crippen LogP contribution in [0.3, 0.4) is 0 Å². The maximum atomic E-state index is 9.19. The zero-order valence-electron chi connectivity index (χ0n) is 11.5. The van der Waals surface area contributed by atoms with Gasteiger partial charge in [-0.05, 0) is 30.7 Å². The molecule has 0 radical (unpaired) electrons. The number of hydrogen-bond donors (Lipinski definition) is 2. The number of nitrogens with one attached hydrogen (secondary N) is 1. The molecule has 104 valence electrons. The van der Waals surface area contributed by atoms with Crippen molar-refractivity contribution in [3.8, 4) is 0 Å². The molecule has 2 fully saturated rings. The molecule has 0 spiro atoms. The highest BCUT2D eigenvalue weighted by Crippen LogP contribution is 2.29. The molecule has 1 saturated heterocycles. The van der Waals surface area contributed by atoms with Gasteiger partial charge in [0.05, 0.1) is 6.61 Å². The average molecular weight is 260 g/mol. The Hall–Kier alpha value is -0.900. The van der Waals surface area contributed by atoms with Gasteiger partial charge < -0.3 is 10.4 Å². The van der Waals surface area contributed by atoms with E-state index in [1.54, 1.807) is 0 Å². The Morgan fingerprint density at radius 3 is 2.58 bits per heavy atom. The predicted octanol–water partition coefficient (Wildman–Crippen LogP) is 1.59. The summed E-state index contributed by atoms with van der Waals surface area (Å²) in [6, 6.07) is 12.2. The van der Waals surface area contributed by atoms with Crippen LogP contribution >= 0.6 is 0 Å². The Kier molecular flexibility index (Phi) is 4.16. The summed E-state index contributed by atoms with van der Waals surface area (Å²) in [7, 11) is 0. The molecular weight excluding hydrogens is 236 g/mol. The molecule has 3 heteroatoms. The fraction of sp³-hybridized carbons (Fsp3) is 0.625. The van der Waals surface area contributed by atoms with E-state index >= 15 is 0 Å². The molecule has 2 atom stereocenters. The lowest BCUT2D eigenvalue weighted by Crippen LogP contribution is -2.49. The van der Waals surface area contributed by atoms with Gasteiger partial charge in [-0.15, -0.1) is 0 Å². The third-order valence-electron chi connectivity index (χ3n) is 4.26. The van der Waals surface area contributed by atoms with Gasteiger partial charge in [0, 0.05) is 31.7 Å². The molecular formula is C16H24N2O. The first-order chi connectivity index (χ1) is 9.35. The zero-order chi connectivity index (χ0) is 13.1. The van der Waals surface area contributed by atoms with Crippen molar-refractivity contribution in [2.45, 2.75) is 37.3 Å². The predicted molar refractivity (Wildman–Crippen MR) is 77.3 cm³/mol. The van der Waals surface area contributed by atoms with E-state index < -0.39 is 0 Å². The highest BCUT2D eigenvalue weighted by molar-refractivity contribution is 5.21. The van der Waals surface area contributed by atoms with E-state index in [1.807, 2.05) is 0 Å². The van der Waals surface area contributed by atoms with Crippen molar-refractivity contribution < 1.29 is 5.11 Å². The molecule has 1 saturated carbocycles. The van der Waals surface area contributed by atoms with E-state index in [9.17, 15) is 5.11 Å². The second-order valence-corrected chi connectivity index (χ2v) is 5.96. The monoisotopic (exact) mass is 260 g/mol. The highest BCUT2D eigenvalue weighted by atomic mass is 16.3. The molecule has 2 aliphatic rings. The fourth-order valence-electron chi connectivity index (χ4n) is 3.19. The summed E-state index contributed by atoms with van der Waals surface area (Å²) >= 11 is 0. The Bertz CT molecular complexity index is 391. The van der Waals surface area contributed by atoms with Crippen LogP contribution in [0, 0.1) is 0 Å². The summed E-state index contributed by atoms with van der Waals surface area (Å²) in [6.45, 7) is 3.22. The summed E-state index contributed by atoms with van der Waals surface area (Å²) in [5, 5.41) is 13.0. The van der Waals surface area contributed by atoms with Crippen LogP contribution in [0.25, 0.3) is 0 Å². The van der Waals surface area contributed by atoms with Gasteiger partial charge in [-0.1, -0.05) is 30.3 Å². The maximum absolute atomic E-state index is 9.19. The first kappa shape index (κ1) is 13.1. The van der Waals surface area contributed by atoms with Gasteiger partial charge in [0.15, 0.2) is 0 Å².